The van der Waals surface area contributed by atoms with Crippen molar-refractivity contribution in [3.8, 4) is 0 Å². The van der Waals surface area contributed by atoms with Gasteiger partial charge in [-0.15, -0.1) is 0 Å². The molecule has 0 aromatic heterocycles. The summed E-state index contributed by atoms with van der Waals surface area (Å²) in [5.74, 6) is 0. The van der Waals surface area contributed by atoms with Gasteiger partial charge in [0.25, 0.3) is 0 Å². The average molecular weight is 500 g/mol. The molecule has 1 N–H and O–H groups in total. The first-order chi connectivity index (χ1) is 15.7. The summed E-state index contributed by atoms with van der Waals surface area (Å²) in [5.41, 5.74) is -0.118. The topological polar surface area (TPSA) is 23.5 Å². The SMILES string of the molecule is CCCCN(CCCC)CCC(O)c1cc2ccc(C(F)(F)F)cc2c2cc(Cl)cc(Cl)c12. The minimum Gasteiger partial charge on any atom is -0.388 e. The van der Waals surface area contributed by atoms with Crippen molar-refractivity contribution in [3.05, 3.63) is 57.6 Å². The highest BCUT2D eigenvalue weighted by Crippen LogP contribution is 2.41. The molecule has 0 aliphatic rings. The summed E-state index contributed by atoms with van der Waals surface area (Å²) in [6.45, 7) is 7.02. The Bertz CT molecular complexity index is 1090. The molecule has 0 saturated carbocycles. The number of nitrogens with zero attached hydrogens (tertiary/aromatic N) is 1. The molecule has 0 aliphatic carbocycles. The lowest BCUT2D eigenvalue weighted by atomic mass is 9.92. The van der Waals surface area contributed by atoms with Gasteiger partial charge in [0.1, 0.15) is 0 Å². The minimum absolute atomic E-state index is 0.319. The van der Waals surface area contributed by atoms with Crippen molar-refractivity contribution in [3.63, 3.8) is 0 Å². The Balaban J connectivity index is 2.02. The average Bonchev–Trinajstić information content (AvgIpc) is 2.76. The number of hydrogen-bond donors (Lipinski definition) is 1. The van der Waals surface area contributed by atoms with E-state index in [0.717, 1.165) is 57.5 Å². The Labute approximate surface area is 203 Å². The first-order valence-electron chi connectivity index (χ1n) is 11.5. The lowest BCUT2D eigenvalue weighted by Gasteiger charge is -2.24. The van der Waals surface area contributed by atoms with Crippen molar-refractivity contribution in [1.29, 1.82) is 0 Å². The largest absolute Gasteiger partial charge is 0.416 e. The van der Waals surface area contributed by atoms with Crippen molar-refractivity contribution in [1.82, 2.24) is 4.90 Å². The molecule has 0 fully saturated rings. The zero-order valence-corrected chi connectivity index (χ0v) is 20.5. The van der Waals surface area contributed by atoms with Gasteiger partial charge in [-0.1, -0.05) is 56.0 Å². The van der Waals surface area contributed by atoms with E-state index in [1.54, 1.807) is 18.2 Å². The molecule has 0 aliphatic heterocycles. The Morgan fingerprint density at radius 3 is 2.18 bits per heavy atom. The quantitative estimate of drug-likeness (QED) is 0.282. The molecule has 3 rings (SSSR count). The maximum absolute atomic E-state index is 13.3. The molecule has 0 radical (unpaired) electrons. The van der Waals surface area contributed by atoms with E-state index >= 15 is 0 Å². The van der Waals surface area contributed by atoms with Gasteiger partial charge in [0, 0.05) is 17.0 Å². The van der Waals surface area contributed by atoms with Gasteiger partial charge in [-0.2, -0.15) is 13.2 Å². The summed E-state index contributed by atoms with van der Waals surface area (Å²) in [7, 11) is 0. The Morgan fingerprint density at radius 2 is 1.58 bits per heavy atom. The van der Waals surface area contributed by atoms with Crippen LogP contribution in [-0.4, -0.2) is 29.6 Å². The molecule has 1 atom stereocenters. The van der Waals surface area contributed by atoms with Crippen molar-refractivity contribution in [2.75, 3.05) is 19.6 Å². The van der Waals surface area contributed by atoms with Crippen LogP contribution in [0.15, 0.2) is 36.4 Å². The number of rotatable bonds is 10. The molecule has 7 heteroatoms. The van der Waals surface area contributed by atoms with E-state index in [9.17, 15) is 18.3 Å². The van der Waals surface area contributed by atoms with E-state index in [1.807, 2.05) is 0 Å². The standard InChI is InChI=1S/C26H30Cl2F3NO/c1-3-5-10-32(11-6-4-2)12-9-24(33)22-13-17-7-8-18(26(29,30)31)14-20(17)21-15-19(27)16-23(28)25(21)22/h7-8,13-16,24,33H,3-6,9-12H2,1-2H3. The molecule has 180 valence electrons. The van der Waals surface area contributed by atoms with Crippen LogP contribution in [0.5, 0.6) is 0 Å². The van der Waals surface area contributed by atoms with Gasteiger partial charge in [0.05, 0.1) is 16.7 Å². The molecule has 0 spiro atoms. The Kier molecular flexibility index (Phi) is 8.90. The summed E-state index contributed by atoms with van der Waals surface area (Å²) in [6.07, 6.45) is -0.332. The third kappa shape index (κ3) is 6.33. The lowest BCUT2D eigenvalue weighted by Crippen LogP contribution is -2.28. The Morgan fingerprint density at radius 1 is 0.909 bits per heavy atom. The molecule has 0 bridgehead atoms. The number of halogens is 5. The third-order valence-electron chi connectivity index (χ3n) is 6.06. The first-order valence-corrected chi connectivity index (χ1v) is 12.2. The maximum atomic E-state index is 13.3. The number of aliphatic hydroxyl groups is 1. The van der Waals surface area contributed by atoms with E-state index in [4.69, 9.17) is 23.2 Å². The van der Waals surface area contributed by atoms with Crippen molar-refractivity contribution in [2.24, 2.45) is 0 Å². The summed E-state index contributed by atoms with van der Waals surface area (Å²) in [4.78, 5) is 2.37. The van der Waals surface area contributed by atoms with Gasteiger partial charge in [0.15, 0.2) is 0 Å². The second kappa shape index (κ2) is 11.3. The fraction of sp³-hybridized carbons (Fsp3) is 0.462. The fourth-order valence-electron chi connectivity index (χ4n) is 4.23. The van der Waals surface area contributed by atoms with Gasteiger partial charge in [-0.05, 0) is 84.4 Å². The van der Waals surface area contributed by atoms with Crippen LogP contribution in [0.3, 0.4) is 0 Å². The molecule has 0 saturated heterocycles. The number of alkyl halides is 3. The number of benzene rings is 3. The number of fused-ring (bicyclic) bond motifs is 3. The molecule has 33 heavy (non-hydrogen) atoms. The number of unbranched alkanes of at least 4 members (excludes halogenated alkanes) is 2. The van der Waals surface area contributed by atoms with E-state index in [1.165, 1.54) is 6.07 Å². The highest BCUT2D eigenvalue weighted by molar-refractivity contribution is 6.40. The predicted octanol–water partition coefficient (Wildman–Crippen LogP) is 8.64. The van der Waals surface area contributed by atoms with Gasteiger partial charge in [-0.25, -0.2) is 0 Å². The van der Waals surface area contributed by atoms with Crippen molar-refractivity contribution >= 4 is 44.7 Å². The lowest BCUT2D eigenvalue weighted by molar-refractivity contribution is -0.137. The van der Waals surface area contributed by atoms with Crippen LogP contribution in [0, 0.1) is 0 Å². The van der Waals surface area contributed by atoms with Crippen LogP contribution < -0.4 is 0 Å². The molecule has 0 heterocycles. The third-order valence-corrected chi connectivity index (χ3v) is 6.58. The molecule has 0 amide bonds. The van der Waals surface area contributed by atoms with Gasteiger partial charge in [-0.3, -0.25) is 0 Å². The fourth-order valence-corrected chi connectivity index (χ4v) is 4.84. The Hall–Kier alpha value is -1.53. The highest BCUT2D eigenvalue weighted by Gasteiger charge is 2.31. The number of hydrogen-bond acceptors (Lipinski definition) is 2. The predicted molar refractivity (Wildman–Crippen MR) is 132 cm³/mol. The van der Waals surface area contributed by atoms with Crippen molar-refractivity contribution in [2.45, 2.75) is 58.2 Å². The normalized spacial score (nSPS) is 13.4. The van der Waals surface area contributed by atoms with Crippen LogP contribution in [0.1, 0.15) is 63.2 Å². The second-order valence-corrected chi connectivity index (χ2v) is 9.41. The molecule has 2 nitrogen and oxygen atoms in total. The van der Waals surface area contributed by atoms with E-state index in [2.05, 4.69) is 18.7 Å². The van der Waals surface area contributed by atoms with Crippen molar-refractivity contribution < 1.29 is 18.3 Å². The van der Waals surface area contributed by atoms with Crippen LogP contribution in [0.4, 0.5) is 13.2 Å². The highest BCUT2D eigenvalue weighted by atomic mass is 35.5. The molecule has 3 aromatic rings. The second-order valence-electron chi connectivity index (χ2n) is 8.56. The van der Waals surface area contributed by atoms with Gasteiger partial charge < -0.3 is 10.0 Å². The van der Waals surface area contributed by atoms with Crippen LogP contribution in [0.25, 0.3) is 21.5 Å². The summed E-state index contributed by atoms with van der Waals surface area (Å²) < 4.78 is 40.0. The number of aliphatic hydroxyl groups excluding tert-OH is 1. The monoisotopic (exact) mass is 499 g/mol. The van der Waals surface area contributed by atoms with E-state index in [0.29, 0.717) is 43.6 Å². The van der Waals surface area contributed by atoms with Crippen LogP contribution >= 0.6 is 23.2 Å². The van der Waals surface area contributed by atoms with Crippen LogP contribution in [0.2, 0.25) is 10.0 Å². The van der Waals surface area contributed by atoms with E-state index < -0.39 is 17.8 Å². The molecule has 3 aromatic carbocycles. The minimum atomic E-state index is -4.46. The molecule has 1 unspecified atom stereocenters. The molecular weight excluding hydrogens is 470 g/mol. The first kappa shape index (κ1) is 26.1. The van der Waals surface area contributed by atoms with E-state index in [-0.39, 0.29) is 0 Å². The smallest absolute Gasteiger partial charge is 0.388 e. The molecular formula is C26H30Cl2F3NO. The summed E-state index contributed by atoms with van der Waals surface area (Å²) in [5, 5.41) is 13.9. The van der Waals surface area contributed by atoms with Gasteiger partial charge >= 0.3 is 6.18 Å². The summed E-state index contributed by atoms with van der Waals surface area (Å²) >= 11 is 12.7. The maximum Gasteiger partial charge on any atom is 0.416 e. The van der Waals surface area contributed by atoms with Gasteiger partial charge in [0.2, 0.25) is 0 Å². The summed E-state index contributed by atoms with van der Waals surface area (Å²) in [6, 6.07) is 8.57. The van der Waals surface area contributed by atoms with Crippen LogP contribution in [-0.2, 0) is 6.18 Å². The zero-order valence-electron chi connectivity index (χ0n) is 19.0. The zero-order chi connectivity index (χ0) is 24.2.